The van der Waals surface area contributed by atoms with Crippen molar-refractivity contribution in [1.82, 2.24) is 29.5 Å². The zero-order valence-corrected chi connectivity index (χ0v) is 24.6. The SMILES string of the molecule is CC(C)(/C=C(\C#N)C(=O)N1CCC1Cn1nc(-c2ccc(Oc3ccccc3)cc2F)c2c(N)ncnc21)N1CCOCC1. The largest absolute Gasteiger partial charge is 0.457 e. The molecule has 12 heteroatoms. The second-order valence-electron chi connectivity index (χ2n) is 11.4. The number of aromatic nitrogens is 4. The van der Waals surface area contributed by atoms with Crippen LogP contribution in [0.2, 0.25) is 0 Å². The van der Waals surface area contributed by atoms with Crippen LogP contribution >= 0.6 is 0 Å². The Morgan fingerprint density at radius 3 is 2.61 bits per heavy atom. The van der Waals surface area contributed by atoms with Gasteiger partial charge >= 0.3 is 0 Å². The molecule has 11 nitrogen and oxygen atoms in total. The molecule has 1 amide bonds. The Hall–Kier alpha value is -4.86. The molecule has 226 valence electrons. The lowest BCUT2D eigenvalue weighted by Crippen LogP contribution is -2.54. The van der Waals surface area contributed by atoms with Gasteiger partial charge in [-0.2, -0.15) is 10.4 Å². The maximum Gasteiger partial charge on any atom is 0.264 e. The number of fused-ring (bicyclic) bond motifs is 1. The predicted octanol–water partition coefficient (Wildman–Crippen LogP) is 4.17. The number of benzene rings is 2. The number of nitrogen functional groups attached to an aromatic ring is 1. The average Bonchev–Trinajstić information content (AvgIpc) is 3.38. The van der Waals surface area contributed by atoms with Crippen LogP contribution in [0.1, 0.15) is 20.3 Å². The summed E-state index contributed by atoms with van der Waals surface area (Å²) in [5.41, 5.74) is 6.81. The monoisotopic (exact) mass is 596 g/mol. The highest BCUT2D eigenvalue weighted by atomic mass is 19.1. The quantitative estimate of drug-likeness (QED) is 0.235. The average molecular weight is 597 g/mol. The lowest BCUT2D eigenvalue weighted by molar-refractivity contribution is -0.134. The Morgan fingerprint density at radius 2 is 1.93 bits per heavy atom. The molecule has 44 heavy (non-hydrogen) atoms. The fourth-order valence-corrected chi connectivity index (χ4v) is 5.70. The van der Waals surface area contributed by atoms with Gasteiger partial charge in [0.05, 0.1) is 31.2 Å². The molecule has 2 N–H and O–H groups in total. The van der Waals surface area contributed by atoms with Crippen molar-refractivity contribution in [2.45, 2.75) is 38.4 Å². The minimum Gasteiger partial charge on any atom is -0.457 e. The number of likely N-dealkylation sites (tertiary alicyclic amines) is 1. The smallest absolute Gasteiger partial charge is 0.264 e. The lowest BCUT2D eigenvalue weighted by atomic mass is 9.96. The van der Waals surface area contributed by atoms with Gasteiger partial charge in [-0.3, -0.25) is 9.69 Å². The number of nitrogens with zero attached hydrogens (tertiary/aromatic N) is 7. The number of hydrogen-bond acceptors (Lipinski definition) is 9. The van der Waals surface area contributed by atoms with E-state index in [1.54, 1.807) is 39.9 Å². The summed E-state index contributed by atoms with van der Waals surface area (Å²) in [6, 6.07) is 15.6. The van der Waals surface area contributed by atoms with Crippen LogP contribution in [0, 0.1) is 17.1 Å². The first-order valence-electron chi connectivity index (χ1n) is 14.5. The summed E-state index contributed by atoms with van der Waals surface area (Å²) in [6.45, 7) is 7.49. The first kappa shape index (κ1) is 29.2. The molecule has 0 spiro atoms. The van der Waals surface area contributed by atoms with E-state index in [4.69, 9.17) is 20.3 Å². The number of nitrogens with two attached hydrogens (primary N) is 1. The summed E-state index contributed by atoms with van der Waals surface area (Å²) >= 11 is 0. The van der Waals surface area contributed by atoms with E-state index in [-0.39, 0.29) is 28.9 Å². The molecule has 4 aromatic rings. The van der Waals surface area contributed by atoms with Crippen molar-refractivity contribution in [3.8, 4) is 28.8 Å². The Bertz CT molecular complexity index is 1760. The molecule has 1 atom stereocenters. The van der Waals surface area contributed by atoms with Crippen molar-refractivity contribution in [2.75, 3.05) is 38.6 Å². The normalized spacial score (nSPS) is 17.7. The molecule has 0 aliphatic carbocycles. The number of hydrogen-bond donors (Lipinski definition) is 1. The fraction of sp³-hybridized carbons (Fsp3) is 0.344. The van der Waals surface area contributed by atoms with Crippen molar-refractivity contribution in [1.29, 1.82) is 5.26 Å². The van der Waals surface area contributed by atoms with Crippen LogP contribution in [0.15, 0.2) is 66.5 Å². The number of halogens is 1. The van der Waals surface area contributed by atoms with E-state index >= 15 is 4.39 Å². The van der Waals surface area contributed by atoms with Crippen LogP contribution in [0.4, 0.5) is 10.2 Å². The van der Waals surface area contributed by atoms with Gasteiger partial charge in [0.1, 0.15) is 46.8 Å². The number of para-hydroxylation sites is 1. The predicted molar refractivity (Wildman–Crippen MR) is 162 cm³/mol. The number of anilines is 1. The zero-order valence-electron chi connectivity index (χ0n) is 24.6. The summed E-state index contributed by atoms with van der Waals surface area (Å²) in [4.78, 5) is 25.9. The van der Waals surface area contributed by atoms with Gasteiger partial charge in [0.25, 0.3) is 5.91 Å². The molecule has 6 rings (SSSR count). The first-order valence-corrected chi connectivity index (χ1v) is 14.5. The molecule has 2 fully saturated rings. The highest BCUT2D eigenvalue weighted by Crippen LogP contribution is 2.35. The summed E-state index contributed by atoms with van der Waals surface area (Å²) in [7, 11) is 0. The van der Waals surface area contributed by atoms with Crippen molar-refractivity contribution >= 4 is 22.8 Å². The minimum atomic E-state index is -0.541. The molecular formula is C32H33FN8O3. The third kappa shape index (κ3) is 5.71. The van der Waals surface area contributed by atoms with E-state index in [0.29, 0.717) is 61.0 Å². The van der Waals surface area contributed by atoms with Crippen LogP contribution in [-0.2, 0) is 16.1 Å². The molecule has 2 saturated heterocycles. The van der Waals surface area contributed by atoms with Gasteiger partial charge < -0.3 is 20.1 Å². The van der Waals surface area contributed by atoms with Gasteiger partial charge in [0.2, 0.25) is 0 Å². The van der Waals surface area contributed by atoms with Crippen molar-refractivity contribution < 1.29 is 18.7 Å². The molecule has 2 aromatic carbocycles. The molecule has 0 radical (unpaired) electrons. The van der Waals surface area contributed by atoms with E-state index < -0.39 is 11.4 Å². The summed E-state index contributed by atoms with van der Waals surface area (Å²) in [5, 5.41) is 15.1. The highest BCUT2D eigenvalue weighted by Gasteiger charge is 2.37. The molecule has 4 heterocycles. The lowest BCUT2D eigenvalue weighted by Gasteiger charge is -2.42. The maximum atomic E-state index is 15.5. The summed E-state index contributed by atoms with van der Waals surface area (Å²) in [5.74, 6) is 0.232. The van der Waals surface area contributed by atoms with Crippen LogP contribution in [-0.4, -0.2) is 79.9 Å². The van der Waals surface area contributed by atoms with Gasteiger partial charge in [-0.15, -0.1) is 0 Å². The Kier molecular flexibility index (Phi) is 7.99. The number of rotatable bonds is 8. The van der Waals surface area contributed by atoms with E-state index in [1.807, 2.05) is 32.0 Å². The molecule has 1 unspecified atom stereocenters. The summed E-state index contributed by atoms with van der Waals surface area (Å²) < 4.78 is 28.4. The van der Waals surface area contributed by atoms with Crippen molar-refractivity contribution in [2.24, 2.45) is 0 Å². The van der Waals surface area contributed by atoms with Gasteiger partial charge in [0, 0.05) is 36.8 Å². The summed E-state index contributed by atoms with van der Waals surface area (Å²) in [6.07, 6.45) is 3.80. The third-order valence-corrected chi connectivity index (χ3v) is 8.20. The fourth-order valence-electron chi connectivity index (χ4n) is 5.70. The number of morpholine rings is 1. The highest BCUT2D eigenvalue weighted by molar-refractivity contribution is 5.99. The van der Waals surface area contributed by atoms with Gasteiger partial charge in [-0.1, -0.05) is 18.2 Å². The maximum absolute atomic E-state index is 15.5. The standard InChI is InChI=1S/C32H33FN8O3/c1-32(2,39-12-14-43-15-13-39)17-21(18-34)31(42)40-11-10-22(40)19-41-30-27(29(35)36-20-37-30)28(38-41)25-9-8-24(16-26(25)33)44-23-6-4-3-5-7-23/h3-9,16-17,20,22H,10-15,19H2,1-2H3,(H2,35,36,37)/b21-17+. The topological polar surface area (TPSA) is 135 Å². The van der Waals surface area contributed by atoms with E-state index in [1.165, 1.54) is 12.4 Å². The minimum absolute atomic E-state index is 0.101. The molecule has 2 aliphatic rings. The van der Waals surface area contributed by atoms with E-state index in [9.17, 15) is 10.1 Å². The number of carbonyl (C=O) groups is 1. The van der Waals surface area contributed by atoms with Crippen LogP contribution in [0.3, 0.4) is 0 Å². The molecule has 0 saturated carbocycles. The van der Waals surface area contributed by atoms with Gasteiger partial charge in [-0.05, 0) is 50.6 Å². The van der Waals surface area contributed by atoms with Gasteiger partial charge in [0.15, 0.2) is 5.65 Å². The Labute approximate surface area is 254 Å². The van der Waals surface area contributed by atoms with Crippen molar-refractivity contribution in [3.63, 3.8) is 0 Å². The van der Waals surface area contributed by atoms with E-state index in [2.05, 4.69) is 20.9 Å². The van der Waals surface area contributed by atoms with Gasteiger partial charge in [-0.25, -0.2) is 19.0 Å². The number of ether oxygens (including phenoxy) is 2. The molecular weight excluding hydrogens is 563 g/mol. The zero-order chi connectivity index (χ0) is 30.8. The van der Waals surface area contributed by atoms with Crippen molar-refractivity contribution in [3.05, 3.63) is 72.3 Å². The van der Waals surface area contributed by atoms with Crippen LogP contribution in [0.5, 0.6) is 11.5 Å². The molecule has 2 aliphatic heterocycles. The second-order valence-corrected chi connectivity index (χ2v) is 11.4. The van der Waals surface area contributed by atoms with Crippen LogP contribution < -0.4 is 10.5 Å². The van der Waals surface area contributed by atoms with Crippen LogP contribution in [0.25, 0.3) is 22.3 Å². The Balaban J connectivity index is 1.25. The number of carbonyl (C=O) groups excluding carboxylic acids is 1. The number of nitriles is 1. The Morgan fingerprint density at radius 1 is 1.16 bits per heavy atom. The third-order valence-electron chi connectivity index (χ3n) is 8.20. The molecule has 2 aromatic heterocycles. The second kappa shape index (κ2) is 12.0. The molecule has 0 bridgehead atoms. The van der Waals surface area contributed by atoms with E-state index in [0.717, 1.165) is 13.1 Å². The first-order chi connectivity index (χ1) is 21.2. The number of amides is 1.